The molecule has 2 aromatic heterocycles. The van der Waals surface area contributed by atoms with Gasteiger partial charge in [0.15, 0.2) is 0 Å². The van der Waals surface area contributed by atoms with Crippen molar-refractivity contribution in [2.45, 2.75) is 6.42 Å². The van der Waals surface area contributed by atoms with Crippen molar-refractivity contribution in [2.24, 2.45) is 0 Å². The number of rotatable bonds is 4. The van der Waals surface area contributed by atoms with Gasteiger partial charge >= 0.3 is 5.97 Å². The Labute approximate surface area is 89.8 Å². The number of thiophene rings is 1. The van der Waals surface area contributed by atoms with Crippen LogP contribution in [-0.2, 0) is 4.79 Å². The summed E-state index contributed by atoms with van der Waals surface area (Å²) in [7, 11) is 0. The number of aromatic nitrogens is 2. The van der Waals surface area contributed by atoms with Gasteiger partial charge in [0, 0.05) is 6.54 Å². The fraction of sp³-hybridized carbons (Fsp3) is 0.222. The SMILES string of the molecule is O=C(O)CCNc1ncnc2sccc12. The first-order valence-corrected chi connectivity index (χ1v) is 5.29. The molecular formula is C9H9N3O2S. The quantitative estimate of drug-likeness (QED) is 0.823. The Morgan fingerprint density at radius 2 is 2.40 bits per heavy atom. The van der Waals surface area contributed by atoms with Gasteiger partial charge in [-0.2, -0.15) is 0 Å². The molecule has 0 amide bonds. The summed E-state index contributed by atoms with van der Waals surface area (Å²) >= 11 is 1.53. The fourth-order valence-electron chi connectivity index (χ4n) is 1.22. The maximum Gasteiger partial charge on any atom is 0.305 e. The molecule has 15 heavy (non-hydrogen) atoms. The van der Waals surface area contributed by atoms with Crippen LogP contribution < -0.4 is 5.32 Å². The average molecular weight is 223 g/mol. The lowest BCUT2D eigenvalue weighted by Crippen LogP contribution is -2.08. The van der Waals surface area contributed by atoms with Crippen molar-refractivity contribution < 1.29 is 9.90 Å². The molecule has 0 fully saturated rings. The molecule has 2 aromatic rings. The highest BCUT2D eigenvalue weighted by Gasteiger charge is 2.04. The summed E-state index contributed by atoms with van der Waals surface area (Å²) in [5.74, 6) is -0.124. The second-order valence-electron chi connectivity index (χ2n) is 2.93. The second-order valence-corrected chi connectivity index (χ2v) is 3.83. The molecule has 0 aliphatic rings. The fourth-order valence-corrected chi connectivity index (χ4v) is 1.95. The van der Waals surface area contributed by atoms with E-state index in [2.05, 4.69) is 15.3 Å². The highest BCUT2D eigenvalue weighted by molar-refractivity contribution is 7.16. The molecule has 0 unspecified atom stereocenters. The summed E-state index contributed by atoms with van der Waals surface area (Å²) in [5.41, 5.74) is 0. The van der Waals surface area contributed by atoms with Crippen LogP contribution >= 0.6 is 11.3 Å². The molecule has 0 atom stereocenters. The minimum absolute atomic E-state index is 0.0790. The molecular weight excluding hydrogens is 214 g/mol. The number of hydrogen-bond acceptors (Lipinski definition) is 5. The predicted octanol–water partition coefficient (Wildman–Crippen LogP) is 1.58. The van der Waals surface area contributed by atoms with Gasteiger partial charge in [0.05, 0.1) is 11.8 Å². The Bertz CT molecular complexity index is 483. The molecule has 0 aliphatic carbocycles. The Balaban J connectivity index is 2.13. The molecule has 0 spiro atoms. The molecule has 0 radical (unpaired) electrons. The molecule has 0 saturated heterocycles. The van der Waals surface area contributed by atoms with Gasteiger partial charge in [0.2, 0.25) is 0 Å². The van der Waals surface area contributed by atoms with E-state index in [0.29, 0.717) is 12.4 Å². The van der Waals surface area contributed by atoms with Crippen LogP contribution in [0.5, 0.6) is 0 Å². The van der Waals surface area contributed by atoms with Crippen molar-refractivity contribution in [1.82, 2.24) is 9.97 Å². The van der Waals surface area contributed by atoms with Gasteiger partial charge in [-0.3, -0.25) is 4.79 Å². The number of carboxylic acid groups (broad SMARTS) is 1. The van der Waals surface area contributed by atoms with E-state index < -0.39 is 5.97 Å². The molecule has 2 N–H and O–H groups in total. The van der Waals surface area contributed by atoms with Crippen LogP contribution in [-0.4, -0.2) is 27.6 Å². The van der Waals surface area contributed by atoms with E-state index in [1.807, 2.05) is 11.4 Å². The van der Waals surface area contributed by atoms with Gasteiger partial charge in [-0.05, 0) is 11.4 Å². The molecule has 0 aliphatic heterocycles. The number of aliphatic carboxylic acids is 1. The van der Waals surface area contributed by atoms with Gasteiger partial charge < -0.3 is 10.4 Å². The van der Waals surface area contributed by atoms with Crippen LogP contribution in [0.2, 0.25) is 0 Å². The van der Waals surface area contributed by atoms with E-state index in [9.17, 15) is 4.79 Å². The first-order chi connectivity index (χ1) is 7.27. The van der Waals surface area contributed by atoms with Crippen molar-refractivity contribution in [3.8, 4) is 0 Å². The third-order valence-electron chi connectivity index (χ3n) is 1.89. The smallest absolute Gasteiger partial charge is 0.305 e. The average Bonchev–Trinajstić information content (AvgIpc) is 2.65. The maximum absolute atomic E-state index is 10.3. The minimum Gasteiger partial charge on any atom is -0.481 e. The first kappa shape index (κ1) is 9.85. The highest BCUT2D eigenvalue weighted by Crippen LogP contribution is 2.23. The number of carboxylic acids is 1. The van der Waals surface area contributed by atoms with Crippen molar-refractivity contribution in [1.29, 1.82) is 0 Å². The largest absolute Gasteiger partial charge is 0.481 e. The molecule has 6 heteroatoms. The van der Waals surface area contributed by atoms with Crippen molar-refractivity contribution >= 4 is 33.3 Å². The Morgan fingerprint density at radius 1 is 1.53 bits per heavy atom. The van der Waals surface area contributed by atoms with E-state index in [1.54, 1.807) is 0 Å². The molecule has 2 heterocycles. The van der Waals surface area contributed by atoms with E-state index in [0.717, 1.165) is 10.2 Å². The lowest BCUT2D eigenvalue weighted by molar-refractivity contribution is -0.136. The molecule has 5 nitrogen and oxygen atoms in total. The summed E-state index contributed by atoms with van der Waals surface area (Å²) in [6.45, 7) is 0.372. The van der Waals surface area contributed by atoms with Crippen LogP contribution in [0, 0.1) is 0 Å². The third kappa shape index (κ3) is 2.21. The van der Waals surface area contributed by atoms with Crippen LogP contribution in [0.15, 0.2) is 17.8 Å². The number of nitrogens with one attached hydrogen (secondary N) is 1. The monoisotopic (exact) mass is 223 g/mol. The van der Waals surface area contributed by atoms with Crippen molar-refractivity contribution in [2.75, 3.05) is 11.9 Å². The zero-order valence-corrected chi connectivity index (χ0v) is 8.62. The number of anilines is 1. The predicted molar refractivity (Wildman–Crippen MR) is 58.2 cm³/mol. The summed E-state index contributed by atoms with van der Waals surface area (Å²) in [4.78, 5) is 19.4. The second kappa shape index (κ2) is 4.22. The molecule has 0 bridgehead atoms. The summed E-state index contributed by atoms with van der Waals surface area (Å²) in [6.07, 6.45) is 1.55. The minimum atomic E-state index is -0.821. The van der Waals surface area contributed by atoms with Gasteiger partial charge in [-0.15, -0.1) is 11.3 Å². The molecule has 2 rings (SSSR count). The van der Waals surface area contributed by atoms with Gasteiger partial charge in [0.25, 0.3) is 0 Å². The number of fused-ring (bicyclic) bond motifs is 1. The highest BCUT2D eigenvalue weighted by atomic mass is 32.1. The normalized spacial score (nSPS) is 10.4. The van der Waals surface area contributed by atoms with E-state index in [4.69, 9.17) is 5.11 Å². The van der Waals surface area contributed by atoms with Gasteiger partial charge in [-0.1, -0.05) is 0 Å². The maximum atomic E-state index is 10.3. The van der Waals surface area contributed by atoms with Crippen LogP contribution in [0.1, 0.15) is 6.42 Å². The standard InChI is InChI=1S/C9H9N3O2S/c13-7(14)1-3-10-8-6-2-4-15-9(6)12-5-11-8/h2,4-5H,1,3H2,(H,13,14)(H,10,11,12). The van der Waals surface area contributed by atoms with E-state index in [1.165, 1.54) is 17.7 Å². The zero-order valence-electron chi connectivity index (χ0n) is 7.80. The summed E-state index contributed by atoms with van der Waals surface area (Å²) in [5, 5.41) is 14.3. The zero-order chi connectivity index (χ0) is 10.7. The Morgan fingerprint density at radius 3 is 3.20 bits per heavy atom. The Kier molecular flexibility index (Phi) is 2.77. The van der Waals surface area contributed by atoms with Crippen molar-refractivity contribution in [3.63, 3.8) is 0 Å². The van der Waals surface area contributed by atoms with E-state index >= 15 is 0 Å². The lowest BCUT2D eigenvalue weighted by Gasteiger charge is -2.03. The summed E-state index contributed by atoms with van der Waals surface area (Å²) < 4.78 is 0. The van der Waals surface area contributed by atoms with Crippen molar-refractivity contribution in [3.05, 3.63) is 17.8 Å². The number of hydrogen-bond donors (Lipinski definition) is 2. The summed E-state index contributed by atoms with van der Waals surface area (Å²) in [6, 6.07) is 1.92. The molecule has 78 valence electrons. The molecule has 0 saturated carbocycles. The van der Waals surface area contributed by atoms with Gasteiger partial charge in [-0.25, -0.2) is 9.97 Å². The molecule has 0 aromatic carbocycles. The third-order valence-corrected chi connectivity index (χ3v) is 2.71. The van der Waals surface area contributed by atoms with Crippen LogP contribution in [0.3, 0.4) is 0 Å². The Hall–Kier alpha value is -1.69. The van der Waals surface area contributed by atoms with Gasteiger partial charge in [0.1, 0.15) is 17.0 Å². The van der Waals surface area contributed by atoms with Crippen LogP contribution in [0.25, 0.3) is 10.2 Å². The number of nitrogens with zero attached hydrogens (tertiary/aromatic N) is 2. The van der Waals surface area contributed by atoms with E-state index in [-0.39, 0.29) is 6.42 Å². The topological polar surface area (TPSA) is 75.1 Å². The lowest BCUT2D eigenvalue weighted by atomic mass is 10.3. The first-order valence-electron chi connectivity index (χ1n) is 4.41. The number of carbonyl (C=O) groups is 1. The van der Waals surface area contributed by atoms with Crippen LogP contribution in [0.4, 0.5) is 5.82 Å².